The second-order valence-electron chi connectivity index (χ2n) is 6.64. The summed E-state index contributed by atoms with van der Waals surface area (Å²) in [5.41, 5.74) is 0.735. The molecule has 0 unspecified atom stereocenters. The Morgan fingerprint density at radius 1 is 1.18 bits per heavy atom. The van der Waals surface area contributed by atoms with Gasteiger partial charge in [-0.05, 0) is 50.7 Å². The smallest absolute Gasteiger partial charge is 0.265 e. The topological polar surface area (TPSA) is 58.1 Å². The van der Waals surface area contributed by atoms with Crippen LogP contribution in [0.2, 0.25) is 0 Å². The van der Waals surface area contributed by atoms with Gasteiger partial charge in [-0.3, -0.25) is 9.69 Å². The van der Waals surface area contributed by atoms with Gasteiger partial charge in [-0.25, -0.2) is 0 Å². The van der Waals surface area contributed by atoms with Crippen molar-refractivity contribution in [3.05, 3.63) is 10.6 Å². The summed E-state index contributed by atoms with van der Waals surface area (Å²) in [6, 6.07) is 1.00. The summed E-state index contributed by atoms with van der Waals surface area (Å²) < 4.78 is 3.86. The summed E-state index contributed by atoms with van der Waals surface area (Å²) in [6.07, 6.45) is 10.4. The minimum Gasteiger partial charge on any atom is -0.347 e. The number of carbonyl (C=O) groups is 1. The molecule has 1 saturated heterocycles. The number of carbonyl (C=O) groups excluding carboxylic acids is 1. The molecule has 122 valence electrons. The van der Waals surface area contributed by atoms with Crippen LogP contribution >= 0.6 is 11.5 Å². The van der Waals surface area contributed by atoms with Gasteiger partial charge in [-0.15, -0.1) is 5.10 Å². The Balaban J connectivity index is 1.56. The van der Waals surface area contributed by atoms with E-state index in [-0.39, 0.29) is 11.9 Å². The molecule has 5 nitrogen and oxygen atoms in total. The van der Waals surface area contributed by atoms with Crippen molar-refractivity contribution >= 4 is 17.4 Å². The molecule has 2 aliphatic rings. The van der Waals surface area contributed by atoms with E-state index in [1.807, 2.05) is 6.92 Å². The molecule has 1 amide bonds. The molecule has 1 aliphatic heterocycles. The lowest BCUT2D eigenvalue weighted by atomic mass is 10.00. The van der Waals surface area contributed by atoms with Crippen molar-refractivity contribution in [1.29, 1.82) is 0 Å². The first-order chi connectivity index (χ1) is 10.7. The van der Waals surface area contributed by atoms with Crippen molar-refractivity contribution in [1.82, 2.24) is 19.8 Å². The van der Waals surface area contributed by atoms with Crippen LogP contribution in [-0.2, 0) is 0 Å². The van der Waals surface area contributed by atoms with E-state index in [2.05, 4.69) is 19.8 Å². The van der Waals surface area contributed by atoms with Crippen molar-refractivity contribution < 1.29 is 4.79 Å². The van der Waals surface area contributed by atoms with Crippen molar-refractivity contribution in [3.63, 3.8) is 0 Å². The highest BCUT2D eigenvalue weighted by Crippen LogP contribution is 2.25. The van der Waals surface area contributed by atoms with E-state index in [0.29, 0.717) is 4.88 Å². The predicted octanol–water partition coefficient (Wildman–Crippen LogP) is 2.76. The summed E-state index contributed by atoms with van der Waals surface area (Å²) in [4.78, 5) is 15.6. The Labute approximate surface area is 136 Å². The van der Waals surface area contributed by atoms with Crippen LogP contribution in [0.4, 0.5) is 0 Å². The number of nitrogens with one attached hydrogen (secondary N) is 1. The maximum Gasteiger partial charge on any atom is 0.265 e. The normalized spacial score (nSPS) is 24.9. The minimum absolute atomic E-state index is 0.000200. The van der Waals surface area contributed by atoms with Gasteiger partial charge in [0.2, 0.25) is 0 Å². The lowest BCUT2D eigenvalue weighted by Crippen LogP contribution is -2.50. The van der Waals surface area contributed by atoms with Gasteiger partial charge >= 0.3 is 0 Å². The van der Waals surface area contributed by atoms with Crippen molar-refractivity contribution in [2.24, 2.45) is 0 Å². The Hall–Kier alpha value is -1.01. The fourth-order valence-corrected chi connectivity index (χ4v) is 4.33. The third-order valence-electron chi connectivity index (χ3n) is 4.99. The average Bonchev–Trinajstić information content (AvgIpc) is 2.78. The van der Waals surface area contributed by atoms with Crippen LogP contribution in [0.15, 0.2) is 0 Å². The molecule has 0 aromatic carbocycles. The molecule has 3 rings (SSSR count). The van der Waals surface area contributed by atoms with E-state index in [1.165, 1.54) is 63.0 Å². The highest BCUT2D eigenvalue weighted by molar-refractivity contribution is 7.08. The molecule has 1 N–H and O–H groups in total. The van der Waals surface area contributed by atoms with Gasteiger partial charge in [0.25, 0.3) is 5.91 Å². The molecule has 1 saturated carbocycles. The molecular formula is C16H26N4OS. The molecule has 1 atom stereocenters. The number of rotatable bonds is 3. The second kappa shape index (κ2) is 7.51. The number of piperidine rings is 1. The van der Waals surface area contributed by atoms with Gasteiger partial charge in [0, 0.05) is 18.6 Å². The molecule has 2 heterocycles. The number of amides is 1. The molecule has 0 spiro atoms. The molecule has 0 bridgehead atoms. The number of aryl methyl sites for hydroxylation is 1. The summed E-state index contributed by atoms with van der Waals surface area (Å²) >= 11 is 1.19. The van der Waals surface area contributed by atoms with Gasteiger partial charge in [0.15, 0.2) is 0 Å². The van der Waals surface area contributed by atoms with Gasteiger partial charge in [-0.1, -0.05) is 30.2 Å². The quantitative estimate of drug-likeness (QED) is 0.869. The SMILES string of the molecule is Cc1nnsc1C(=O)N[C@H]1CCCN(C2CCCCCC2)C1. The van der Waals surface area contributed by atoms with E-state index in [4.69, 9.17) is 0 Å². The molecule has 6 heteroatoms. The third-order valence-corrected chi connectivity index (χ3v) is 5.81. The Morgan fingerprint density at radius 2 is 1.95 bits per heavy atom. The zero-order valence-electron chi connectivity index (χ0n) is 13.4. The first-order valence-electron chi connectivity index (χ1n) is 8.58. The largest absolute Gasteiger partial charge is 0.347 e. The van der Waals surface area contributed by atoms with Gasteiger partial charge in [0.05, 0.1) is 5.69 Å². The zero-order chi connectivity index (χ0) is 15.4. The highest BCUT2D eigenvalue weighted by Gasteiger charge is 2.28. The summed E-state index contributed by atoms with van der Waals surface area (Å²) in [7, 11) is 0. The van der Waals surface area contributed by atoms with Crippen LogP contribution < -0.4 is 5.32 Å². The van der Waals surface area contributed by atoms with E-state index in [1.54, 1.807) is 0 Å². The van der Waals surface area contributed by atoms with Crippen LogP contribution in [0.25, 0.3) is 0 Å². The summed E-state index contributed by atoms with van der Waals surface area (Å²) in [5, 5.41) is 7.12. The van der Waals surface area contributed by atoms with Crippen molar-refractivity contribution in [3.8, 4) is 0 Å². The van der Waals surface area contributed by atoms with E-state index in [9.17, 15) is 4.79 Å². The first-order valence-corrected chi connectivity index (χ1v) is 9.35. The maximum atomic E-state index is 12.3. The van der Waals surface area contributed by atoms with Gasteiger partial charge in [0.1, 0.15) is 4.88 Å². The van der Waals surface area contributed by atoms with Crippen molar-refractivity contribution in [2.75, 3.05) is 13.1 Å². The molecule has 1 aromatic rings. The molecular weight excluding hydrogens is 296 g/mol. The number of aromatic nitrogens is 2. The summed E-state index contributed by atoms with van der Waals surface area (Å²) in [5.74, 6) is 0.000200. The lowest BCUT2D eigenvalue weighted by Gasteiger charge is -2.38. The molecule has 22 heavy (non-hydrogen) atoms. The first kappa shape index (κ1) is 15.9. The molecule has 0 radical (unpaired) electrons. The zero-order valence-corrected chi connectivity index (χ0v) is 14.2. The Kier molecular flexibility index (Phi) is 5.41. The monoisotopic (exact) mass is 322 g/mol. The van der Waals surface area contributed by atoms with Gasteiger partial charge < -0.3 is 5.32 Å². The number of nitrogens with zero attached hydrogens (tertiary/aromatic N) is 3. The number of hydrogen-bond donors (Lipinski definition) is 1. The Morgan fingerprint density at radius 3 is 2.64 bits per heavy atom. The van der Waals surface area contributed by atoms with Crippen molar-refractivity contribution in [2.45, 2.75) is 70.4 Å². The highest BCUT2D eigenvalue weighted by atomic mass is 32.1. The third kappa shape index (κ3) is 3.84. The molecule has 2 fully saturated rings. The molecule has 1 aliphatic carbocycles. The van der Waals surface area contributed by atoms with Crippen LogP contribution in [0, 0.1) is 6.92 Å². The van der Waals surface area contributed by atoms with Crippen LogP contribution in [-0.4, -0.2) is 45.6 Å². The Bertz CT molecular complexity index is 496. The maximum absolute atomic E-state index is 12.3. The lowest BCUT2D eigenvalue weighted by molar-refractivity contribution is 0.0863. The fraction of sp³-hybridized carbons (Fsp3) is 0.812. The number of likely N-dealkylation sites (tertiary alicyclic amines) is 1. The van der Waals surface area contributed by atoms with Crippen LogP contribution in [0.5, 0.6) is 0 Å². The number of hydrogen-bond acceptors (Lipinski definition) is 5. The van der Waals surface area contributed by atoms with E-state index in [0.717, 1.165) is 24.7 Å². The predicted molar refractivity (Wildman–Crippen MR) is 88.2 cm³/mol. The fourth-order valence-electron chi connectivity index (χ4n) is 3.77. The van der Waals surface area contributed by atoms with Crippen LogP contribution in [0.3, 0.4) is 0 Å². The van der Waals surface area contributed by atoms with Gasteiger partial charge in [-0.2, -0.15) is 0 Å². The second-order valence-corrected chi connectivity index (χ2v) is 7.39. The minimum atomic E-state index is 0.000200. The standard InChI is InChI=1S/C16H26N4OS/c1-12-15(22-19-18-12)16(21)17-13-7-6-10-20(11-13)14-8-4-2-3-5-9-14/h13-14H,2-11H2,1H3,(H,17,21)/t13-/m0/s1. The van der Waals surface area contributed by atoms with E-state index < -0.39 is 0 Å². The van der Waals surface area contributed by atoms with E-state index >= 15 is 0 Å². The van der Waals surface area contributed by atoms with Crippen LogP contribution in [0.1, 0.15) is 66.7 Å². The average molecular weight is 322 g/mol. The molecule has 1 aromatic heterocycles. The summed E-state index contributed by atoms with van der Waals surface area (Å²) in [6.45, 7) is 4.04.